The average molecular weight is 416 g/mol. The van der Waals surface area contributed by atoms with Crippen molar-refractivity contribution in [3.8, 4) is 0 Å². The van der Waals surface area contributed by atoms with Crippen LogP contribution in [0.2, 0.25) is 0 Å². The maximum absolute atomic E-state index is 10.4. The predicted molar refractivity (Wildman–Crippen MR) is 130 cm³/mol. The van der Waals surface area contributed by atoms with Gasteiger partial charge in [-0.05, 0) is 76.3 Å². The van der Waals surface area contributed by atoms with Crippen LogP contribution >= 0.6 is 0 Å². The van der Waals surface area contributed by atoms with Crippen LogP contribution in [0, 0.1) is 0 Å². The number of hydrogen-bond acceptors (Lipinski definition) is 3. The maximum atomic E-state index is 10.4. The van der Waals surface area contributed by atoms with E-state index in [9.17, 15) is 10.2 Å². The Kier molecular flexibility index (Phi) is 3.12. The van der Waals surface area contributed by atoms with E-state index in [1.807, 2.05) is 0 Å². The van der Waals surface area contributed by atoms with Gasteiger partial charge in [-0.3, -0.25) is 0 Å². The van der Waals surface area contributed by atoms with E-state index in [0.717, 1.165) is 5.56 Å². The van der Waals surface area contributed by atoms with Crippen LogP contribution in [0.25, 0.3) is 64.6 Å². The van der Waals surface area contributed by atoms with Crippen molar-refractivity contribution in [3.63, 3.8) is 0 Å². The molecule has 0 bridgehead atoms. The third-order valence-electron chi connectivity index (χ3n) is 7.78. The summed E-state index contributed by atoms with van der Waals surface area (Å²) in [7, 11) is 0. The van der Waals surface area contributed by atoms with E-state index in [4.69, 9.17) is 4.74 Å². The van der Waals surface area contributed by atoms with E-state index in [1.165, 1.54) is 64.6 Å². The van der Waals surface area contributed by atoms with Crippen LogP contribution in [-0.4, -0.2) is 29.0 Å². The summed E-state index contributed by atoms with van der Waals surface area (Å²) in [4.78, 5) is 0. The van der Waals surface area contributed by atoms with Crippen LogP contribution in [0.4, 0.5) is 0 Å². The van der Waals surface area contributed by atoms with Crippen molar-refractivity contribution in [2.45, 2.75) is 24.7 Å². The van der Waals surface area contributed by atoms with Crippen molar-refractivity contribution in [2.75, 3.05) is 6.61 Å². The minimum absolute atomic E-state index is 0.164. The normalized spacial score (nSPS) is 22.2. The Balaban J connectivity index is 1.63. The lowest BCUT2D eigenvalue weighted by molar-refractivity contribution is -0.0221. The van der Waals surface area contributed by atoms with Crippen molar-refractivity contribution in [1.82, 2.24) is 0 Å². The molecule has 3 nitrogen and oxygen atoms in total. The molecular weight excluding hydrogens is 396 g/mol. The molecule has 1 aliphatic heterocycles. The molecule has 0 amide bonds. The smallest absolute Gasteiger partial charge is 0.107 e. The monoisotopic (exact) mass is 416 g/mol. The first-order valence-electron chi connectivity index (χ1n) is 11.3. The van der Waals surface area contributed by atoms with Gasteiger partial charge in [0.25, 0.3) is 0 Å². The standard InChI is InChI=1S/C29H20O3/c30-13-23-21(31)12-22(32-23)20-11-18-8-7-16-4-2-14-1-3-15-5-6-17-9-10-19(20)29-27(17)25(15)24(14)26(16)28(18)29/h1-11,21-23,30-31H,12-13H2/t21-,22-,23-/m1/s1. The van der Waals surface area contributed by atoms with Gasteiger partial charge in [0.2, 0.25) is 0 Å². The summed E-state index contributed by atoms with van der Waals surface area (Å²) >= 11 is 0. The molecule has 7 aromatic carbocycles. The molecule has 3 atom stereocenters. The first kappa shape index (κ1) is 17.3. The second-order valence-corrected chi connectivity index (χ2v) is 9.36. The molecule has 1 fully saturated rings. The Morgan fingerprint density at radius 1 is 0.656 bits per heavy atom. The molecule has 0 aliphatic carbocycles. The van der Waals surface area contributed by atoms with Gasteiger partial charge in [-0.25, -0.2) is 0 Å². The van der Waals surface area contributed by atoms with Crippen LogP contribution in [-0.2, 0) is 4.74 Å². The second kappa shape index (κ2) is 5.76. The largest absolute Gasteiger partial charge is 0.394 e. The molecule has 154 valence electrons. The summed E-state index contributed by atoms with van der Waals surface area (Å²) in [5, 5.41) is 35.5. The summed E-state index contributed by atoms with van der Waals surface area (Å²) < 4.78 is 6.12. The van der Waals surface area contributed by atoms with E-state index in [2.05, 4.69) is 66.7 Å². The first-order chi connectivity index (χ1) is 15.7. The van der Waals surface area contributed by atoms with Crippen molar-refractivity contribution in [1.29, 1.82) is 0 Å². The van der Waals surface area contributed by atoms with E-state index in [-0.39, 0.29) is 12.7 Å². The SMILES string of the molecule is OC[C@H]1O[C@@H](c2cc3ccc4ccc5ccc6ccc7ccc2c2c7c6c5c4c32)C[C@H]1O. The molecule has 1 heterocycles. The molecule has 3 heteroatoms. The average Bonchev–Trinajstić information content (AvgIpc) is 3.22. The summed E-state index contributed by atoms with van der Waals surface area (Å²) in [5.41, 5.74) is 1.10. The molecular formula is C29H20O3. The van der Waals surface area contributed by atoms with Crippen LogP contribution in [0.3, 0.4) is 0 Å². The molecule has 7 aromatic rings. The van der Waals surface area contributed by atoms with Crippen molar-refractivity contribution in [3.05, 3.63) is 72.3 Å². The fourth-order valence-electron chi connectivity index (χ4n) is 6.38. The van der Waals surface area contributed by atoms with Gasteiger partial charge < -0.3 is 14.9 Å². The van der Waals surface area contributed by atoms with Gasteiger partial charge in [-0.1, -0.05) is 60.7 Å². The highest BCUT2D eigenvalue weighted by Gasteiger charge is 2.35. The van der Waals surface area contributed by atoms with Gasteiger partial charge >= 0.3 is 0 Å². The third-order valence-corrected chi connectivity index (χ3v) is 7.78. The summed E-state index contributed by atoms with van der Waals surface area (Å²) in [5.74, 6) is 0. The molecule has 32 heavy (non-hydrogen) atoms. The minimum atomic E-state index is -0.646. The zero-order valence-electron chi connectivity index (χ0n) is 17.3. The van der Waals surface area contributed by atoms with Crippen molar-refractivity contribution < 1.29 is 14.9 Å². The maximum Gasteiger partial charge on any atom is 0.107 e. The lowest BCUT2D eigenvalue weighted by atomic mass is 9.81. The number of aliphatic hydroxyl groups excluding tert-OH is 2. The summed E-state index contributed by atoms with van der Waals surface area (Å²) in [6.07, 6.45) is -0.898. The number of benzene rings is 7. The van der Waals surface area contributed by atoms with Crippen LogP contribution in [0.15, 0.2) is 66.7 Å². The van der Waals surface area contributed by atoms with Gasteiger partial charge in [0, 0.05) is 6.42 Å². The second-order valence-electron chi connectivity index (χ2n) is 9.36. The fourth-order valence-corrected chi connectivity index (χ4v) is 6.38. The number of hydrogen-bond donors (Lipinski definition) is 2. The van der Waals surface area contributed by atoms with Gasteiger partial charge in [-0.2, -0.15) is 0 Å². The molecule has 1 aliphatic rings. The van der Waals surface area contributed by atoms with E-state index < -0.39 is 12.2 Å². The summed E-state index contributed by atoms with van der Waals surface area (Å²) in [6.45, 7) is -0.164. The zero-order chi connectivity index (χ0) is 21.1. The molecule has 0 unspecified atom stereocenters. The number of rotatable bonds is 2. The summed E-state index contributed by atoms with van der Waals surface area (Å²) in [6, 6.07) is 24.5. The lowest BCUT2D eigenvalue weighted by Gasteiger charge is -2.23. The van der Waals surface area contributed by atoms with Crippen LogP contribution in [0.5, 0.6) is 0 Å². The lowest BCUT2D eigenvalue weighted by Crippen LogP contribution is -2.24. The quantitative estimate of drug-likeness (QED) is 0.264. The third kappa shape index (κ3) is 1.94. The number of aliphatic hydroxyl groups is 2. The van der Waals surface area contributed by atoms with Crippen LogP contribution < -0.4 is 0 Å². The Morgan fingerprint density at radius 2 is 1.12 bits per heavy atom. The van der Waals surface area contributed by atoms with Crippen LogP contribution in [0.1, 0.15) is 18.1 Å². The minimum Gasteiger partial charge on any atom is -0.394 e. The van der Waals surface area contributed by atoms with Gasteiger partial charge in [0.05, 0.1) is 18.8 Å². The Bertz CT molecular complexity index is 1740. The molecule has 8 rings (SSSR count). The predicted octanol–water partition coefficient (Wildman–Crippen LogP) is 6.10. The highest BCUT2D eigenvalue weighted by molar-refractivity contribution is 6.44. The highest BCUT2D eigenvalue weighted by atomic mass is 16.5. The Labute approximate surface area is 183 Å². The molecule has 0 radical (unpaired) electrons. The van der Waals surface area contributed by atoms with Gasteiger partial charge in [0.15, 0.2) is 0 Å². The molecule has 0 aromatic heterocycles. The van der Waals surface area contributed by atoms with Gasteiger partial charge in [0.1, 0.15) is 6.10 Å². The first-order valence-corrected chi connectivity index (χ1v) is 11.3. The molecule has 2 N–H and O–H groups in total. The Morgan fingerprint density at radius 3 is 1.66 bits per heavy atom. The molecule has 0 spiro atoms. The van der Waals surface area contributed by atoms with E-state index >= 15 is 0 Å². The van der Waals surface area contributed by atoms with Crippen molar-refractivity contribution in [2.24, 2.45) is 0 Å². The topological polar surface area (TPSA) is 49.7 Å². The van der Waals surface area contributed by atoms with Crippen molar-refractivity contribution >= 4 is 64.6 Å². The van der Waals surface area contributed by atoms with E-state index in [1.54, 1.807) is 0 Å². The zero-order valence-corrected chi connectivity index (χ0v) is 17.3. The molecule has 0 saturated carbocycles. The Hall–Kier alpha value is -3.24. The van der Waals surface area contributed by atoms with E-state index in [0.29, 0.717) is 6.42 Å². The highest BCUT2D eigenvalue weighted by Crippen LogP contribution is 2.50. The molecule has 1 saturated heterocycles. The number of ether oxygens (including phenoxy) is 1. The van der Waals surface area contributed by atoms with Gasteiger partial charge in [-0.15, -0.1) is 0 Å². The fraction of sp³-hybridized carbons (Fsp3) is 0.172.